The number of likely N-dealkylation sites (tertiary alicyclic amines) is 1. The van der Waals surface area contributed by atoms with Gasteiger partial charge in [0.25, 0.3) is 0 Å². The molecule has 0 radical (unpaired) electrons. The average Bonchev–Trinajstić information content (AvgIpc) is 2.07. The summed E-state index contributed by atoms with van der Waals surface area (Å²) >= 11 is 0. The zero-order valence-electron chi connectivity index (χ0n) is 11.2. The third-order valence-corrected chi connectivity index (χ3v) is 3.94. The van der Waals surface area contributed by atoms with Crippen LogP contribution in [-0.2, 0) is 9.53 Å². The number of carboxylic acids is 1. The molecule has 18 heavy (non-hydrogen) atoms. The van der Waals surface area contributed by atoms with Gasteiger partial charge >= 0.3 is 12.1 Å². The lowest BCUT2D eigenvalue weighted by Gasteiger charge is -2.60. The van der Waals surface area contributed by atoms with Crippen molar-refractivity contribution in [3.63, 3.8) is 0 Å². The molecular formula is C13H21NO4. The van der Waals surface area contributed by atoms with Crippen molar-refractivity contribution in [3.05, 3.63) is 0 Å². The van der Waals surface area contributed by atoms with Gasteiger partial charge in [-0.3, -0.25) is 4.79 Å². The summed E-state index contributed by atoms with van der Waals surface area (Å²) in [5.41, 5.74) is -0.408. The summed E-state index contributed by atoms with van der Waals surface area (Å²) in [5, 5.41) is 8.82. The van der Waals surface area contributed by atoms with Crippen LogP contribution in [0.25, 0.3) is 0 Å². The van der Waals surface area contributed by atoms with Gasteiger partial charge in [-0.1, -0.05) is 0 Å². The van der Waals surface area contributed by atoms with Crippen molar-refractivity contribution in [1.29, 1.82) is 0 Å². The van der Waals surface area contributed by atoms with Crippen LogP contribution < -0.4 is 0 Å². The number of hydrogen-bond donors (Lipinski definition) is 1. The van der Waals surface area contributed by atoms with Gasteiger partial charge < -0.3 is 14.7 Å². The van der Waals surface area contributed by atoms with E-state index in [0.29, 0.717) is 13.1 Å². The maximum absolute atomic E-state index is 11.8. The summed E-state index contributed by atoms with van der Waals surface area (Å²) in [6.07, 6.45) is 1.94. The normalized spacial score (nSPS) is 25.3. The molecule has 102 valence electrons. The highest BCUT2D eigenvalue weighted by atomic mass is 16.6. The number of amides is 1. The summed E-state index contributed by atoms with van der Waals surface area (Å²) in [6, 6.07) is 0. The van der Waals surface area contributed by atoms with Crippen LogP contribution in [0.3, 0.4) is 0 Å². The molecule has 1 aliphatic carbocycles. The lowest BCUT2D eigenvalue weighted by molar-refractivity contribution is -0.149. The van der Waals surface area contributed by atoms with E-state index in [-0.39, 0.29) is 23.8 Å². The molecule has 2 aliphatic rings. The largest absolute Gasteiger partial charge is 0.481 e. The quantitative estimate of drug-likeness (QED) is 0.820. The van der Waals surface area contributed by atoms with E-state index >= 15 is 0 Å². The number of rotatable bonds is 2. The minimum atomic E-state index is -0.741. The fraction of sp³-hybridized carbons (Fsp3) is 0.846. The van der Waals surface area contributed by atoms with Crippen molar-refractivity contribution in [2.75, 3.05) is 13.1 Å². The van der Waals surface area contributed by atoms with E-state index in [0.717, 1.165) is 12.8 Å². The molecule has 2 rings (SSSR count). The average molecular weight is 255 g/mol. The van der Waals surface area contributed by atoms with Gasteiger partial charge in [-0.25, -0.2) is 4.79 Å². The Morgan fingerprint density at radius 2 is 2.00 bits per heavy atom. The molecule has 1 heterocycles. The molecule has 2 fully saturated rings. The second-order valence-corrected chi connectivity index (χ2v) is 6.53. The number of nitrogens with zero attached hydrogens (tertiary/aromatic N) is 1. The predicted octanol–water partition coefficient (Wildman–Crippen LogP) is 2.11. The third kappa shape index (κ3) is 2.44. The van der Waals surface area contributed by atoms with Crippen LogP contribution in [0.5, 0.6) is 0 Å². The molecule has 5 nitrogen and oxygen atoms in total. The lowest BCUT2D eigenvalue weighted by atomic mass is 9.55. The Kier molecular flexibility index (Phi) is 3.03. The van der Waals surface area contributed by atoms with Crippen LogP contribution in [0.15, 0.2) is 0 Å². The monoisotopic (exact) mass is 255 g/mol. The zero-order chi connectivity index (χ0) is 13.6. The molecule has 1 atom stereocenters. The number of hydrogen-bond acceptors (Lipinski definition) is 3. The second kappa shape index (κ2) is 4.14. The van der Waals surface area contributed by atoms with Gasteiger partial charge in [0.1, 0.15) is 5.60 Å². The number of carbonyl (C=O) groups is 2. The molecule has 1 N–H and O–H groups in total. The number of aliphatic carboxylic acids is 1. The first-order chi connectivity index (χ1) is 8.22. The van der Waals surface area contributed by atoms with Crippen LogP contribution >= 0.6 is 0 Å². The molecule has 0 aromatic rings. The van der Waals surface area contributed by atoms with E-state index in [1.165, 1.54) is 0 Å². The molecule has 1 saturated carbocycles. The fourth-order valence-corrected chi connectivity index (χ4v) is 2.87. The molecule has 1 aliphatic heterocycles. The Labute approximate surface area is 107 Å². The predicted molar refractivity (Wildman–Crippen MR) is 65.2 cm³/mol. The van der Waals surface area contributed by atoms with Gasteiger partial charge in [0.15, 0.2) is 0 Å². The van der Waals surface area contributed by atoms with Gasteiger partial charge in [0, 0.05) is 24.9 Å². The van der Waals surface area contributed by atoms with Gasteiger partial charge in [-0.2, -0.15) is 0 Å². The molecule has 0 unspecified atom stereocenters. The standard InChI is InChI=1S/C13H21NO4/c1-12(2,3)18-11(17)14-7-13(8-14)5-4-9(13)6-10(15)16/h9H,4-8H2,1-3H3,(H,15,16)/t9-/m0/s1. The minimum Gasteiger partial charge on any atom is -0.481 e. The third-order valence-electron chi connectivity index (χ3n) is 3.94. The van der Waals surface area contributed by atoms with E-state index in [4.69, 9.17) is 9.84 Å². The first-order valence-corrected chi connectivity index (χ1v) is 6.42. The van der Waals surface area contributed by atoms with Crippen LogP contribution in [0, 0.1) is 11.3 Å². The number of carbonyl (C=O) groups excluding carboxylic acids is 1. The van der Waals surface area contributed by atoms with Crippen molar-refractivity contribution >= 4 is 12.1 Å². The Balaban J connectivity index is 1.83. The molecule has 5 heteroatoms. The van der Waals surface area contributed by atoms with Crippen LogP contribution in [0.1, 0.15) is 40.0 Å². The highest BCUT2D eigenvalue weighted by molar-refractivity contribution is 5.70. The lowest BCUT2D eigenvalue weighted by Crippen LogP contribution is -2.66. The van der Waals surface area contributed by atoms with Crippen molar-refractivity contribution in [1.82, 2.24) is 4.90 Å². The van der Waals surface area contributed by atoms with E-state index in [1.807, 2.05) is 20.8 Å². The summed E-state index contributed by atoms with van der Waals surface area (Å²) in [5.74, 6) is -0.511. The first kappa shape index (κ1) is 13.2. The summed E-state index contributed by atoms with van der Waals surface area (Å²) in [6.45, 7) is 6.84. The zero-order valence-corrected chi connectivity index (χ0v) is 11.2. The van der Waals surface area contributed by atoms with Crippen molar-refractivity contribution in [2.24, 2.45) is 11.3 Å². The van der Waals surface area contributed by atoms with Crippen molar-refractivity contribution < 1.29 is 19.4 Å². The highest BCUT2D eigenvalue weighted by Gasteiger charge is 2.56. The molecule has 1 saturated heterocycles. The molecule has 0 bridgehead atoms. The Morgan fingerprint density at radius 3 is 2.39 bits per heavy atom. The second-order valence-electron chi connectivity index (χ2n) is 6.53. The Hall–Kier alpha value is -1.26. The Bertz CT molecular complexity index is 366. The van der Waals surface area contributed by atoms with E-state index in [2.05, 4.69) is 0 Å². The summed E-state index contributed by atoms with van der Waals surface area (Å²) in [7, 11) is 0. The number of carboxylic acid groups (broad SMARTS) is 1. The first-order valence-electron chi connectivity index (χ1n) is 6.42. The van der Waals surface area contributed by atoms with Crippen LogP contribution in [-0.4, -0.2) is 40.8 Å². The van der Waals surface area contributed by atoms with E-state index in [9.17, 15) is 9.59 Å². The summed E-state index contributed by atoms with van der Waals surface area (Å²) in [4.78, 5) is 24.2. The van der Waals surface area contributed by atoms with Gasteiger partial charge in [-0.15, -0.1) is 0 Å². The van der Waals surface area contributed by atoms with Crippen LogP contribution in [0.2, 0.25) is 0 Å². The van der Waals surface area contributed by atoms with Gasteiger partial charge in [0.2, 0.25) is 0 Å². The van der Waals surface area contributed by atoms with E-state index in [1.54, 1.807) is 4.90 Å². The van der Waals surface area contributed by atoms with Gasteiger partial charge in [-0.05, 0) is 39.5 Å². The molecule has 1 spiro atoms. The molecule has 1 amide bonds. The summed E-state index contributed by atoms with van der Waals surface area (Å²) < 4.78 is 5.29. The molecule has 0 aromatic carbocycles. The van der Waals surface area contributed by atoms with Crippen molar-refractivity contribution in [2.45, 2.75) is 45.6 Å². The maximum atomic E-state index is 11.8. The fourth-order valence-electron chi connectivity index (χ4n) is 2.87. The van der Waals surface area contributed by atoms with Crippen LogP contribution in [0.4, 0.5) is 4.79 Å². The highest BCUT2D eigenvalue weighted by Crippen LogP contribution is 2.54. The smallest absolute Gasteiger partial charge is 0.410 e. The Morgan fingerprint density at radius 1 is 1.39 bits per heavy atom. The molecule has 0 aromatic heterocycles. The topological polar surface area (TPSA) is 66.8 Å². The maximum Gasteiger partial charge on any atom is 0.410 e. The minimum absolute atomic E-state index is 0.0648. The van der Waals surface area contributed by atoms with E-state index < -0.39 is 11.6 Å². The SMILES string of the molecule is CC(C)(C)OC(=O)N1CC2(CC[C@H]2CC(=O)O)C1. The number of ether oxygens (including phenoxy) is 1. The molecular weight excluding hydrogens is 234 g/mol. The van der Waals surface area contributed by atoms with Gasteiger partial charge in [0.05, 0.1) is 0 Å². The van der Waals surface area contributed by atoms with Crippen molar-refractivity contribution in [3.8, 4) is 0 Å².